The molecule has 0 unspecified atom stereocenters. The SMILES string of the molecule is COc1cc(CCC(=O)OCc2ccc([N+](=O)[O-])cc2)cc(OC)c1. The van der Waals surface area contributed by atoms with Gasteiger partial charge in [-0.15, -0.1) is 0 Å². The number of esters is 1. The Balaban J connectivity index is 1.85. The highest BCUT2D eigenvalue weighted by Gasteiger charge is 2.08. The fourth-order valence-electron chi connectivity index (χ4n) is 2.21. The van der Waals surface area contributed by atoms with Crippen LogP contribution < -0.4 is 9.47 Å². The summed E-state index contributed by atoms with van der Waals surface area (Å²) in [4.78, 5) is 22.0. The third-order valence-electron chi connectivity index (χ3n) is 3.58. The summed E-state index contributed by atoms with van der Waals surface area (Å²) in [6, 6.07) is 11.3. The molecule has 0 spiro atoms. The number of hydrogen-bond acceptors (Lipinski definition) is 6. The summed E-state index contributed by atoms with van der Waals surface area (Å²) in [6.07, 6.45) is 0.704. The Bertz CT molecular complexity index is 719. The first-order valence-electron chi connectivity index (χ1n) is 7.62. The first-order valence-corrected chi connectivity index (χ1v) is 7.62. The van der Waals surface area contributed by atoms with Gasteiger partial charge in [0.1, 0.15) is 18.1 Å². The molecule has 2 aromatic carbocycles. The number of nitro benzene ring substituents is 1. The number of aryl methyl sites for hydroxylation is 1. The smallest absolute Gasteiger partial charge is 0.306 e. The van der Waals surface area contributed by atoms with E-state index in [2.05, 4.69) is 0 Å². The molecule has 0 radical (unpaired) electrons. The lowest BCUT2D eigenvalue weighted by Crippen LogP contribution is -2.06. The highest BCUT2D eigenvalue weighted by Crippen LogP contribution is 2.23. The molecular formula is C18H19NO6. The number of hydrogen-bond donors (Lipinski definition) is 0. The average molecular weight is 345 g/mol. The monoisotopic (exact) mass is 345 g/mol. The van der Waals surface area contributed by atoms with E-state index in [0.29, 0.717) is 23.5 Å². The topological polar surface area (TPSA) is 87.9 Å². The van der Waals surface area contributed by atoms with Crippen molar-refractivity contribution in [2.45, 2.75) is 19.4 Å². The Hall–Kier alpha value is -3.09. The molecule has 2 aromatic rings. The molecular weight excluding hydrogens is 326 g/mol. The number of rotatable bonds is 8. The molecule has 2 rings (SSSR count). The van der Waals surface area contributed by atoms with Crippen LogP contribution in [0.2, 0.25) is 0 Å². The number of non-ortho nitro benzene ring substituents is 1. The molecule has 0 aliphatic rings. The van der Waals surface area contributed by atoms with Crippen LogP contribution in [0, 0.1) is 10.1 Å². The van der Waals surface area contributed by atoms with Crippen molar-refractivity contribution in [1.82, 2.24) is 0 Å². The second kappa shape index (κ2) is 8.68. The van der Waals surface area contributed by atoms with Crippen LogP contribution in [0.25, 0.3) is 0 Å². The molecule has 0 heterocycles. The van der Waals surface area contributed by atoms with Crippen LogP contribution in [0.15, 0.2) is 42.5 Å². The van der Waals surface area contributed by atoms with Crippen molar-refractivity contribution in [3.05, 3.63) is 63.7 Å². The van der Waals surface area contributed by atoms with Gasteiger partial charge in [0.15, 0.2) is 0 Å². The number of nitro groups is 1. The summed E-state index contributed by atoms with van der Waals surface area (Å²) in [5, 5.41) is 10.6. The minimum absolute atomic E-state index is 0.00190. The van der Waals surface area contributed by atoms with Crippen LogP contribution in [0.3, 0.4) is 0 Å². The molecule has 0 saturated heterocycles. The van der Waals surface area contributed by atoms with E-state index >= 15 is 0 Å². The summed E-state index contributed by atoms with van der Waals surface area (Å²) >= 11 is 0. The molecule has 0 saturated carbocycles. The maximum Gasteiger partial charge on any atom is 0.306 e. The number of methoxy groups -OCH3 is 2. The lowest BCUT2D eigenvalue weighted by atomic mass is 10.1. The largest absolute Gasteiger partial charge is 0.497 e. The van der Waals surface area contributed by atoms with Crippen molar-refractivity contribution in [1.29, 1.82) is 0 Å². The van der Waals surface area contributed by atoms with Crippen molar-refractivity contribution in [3.63, 3.8) is 0 Å². The van der Waals surface area contributed by atoms with Crippen molar-refractivity contribution in [2.24, 2.45) is 0 Å². The maximum absolute atomic E-state index is 11.9. The van der Waals surface area contributed by atoms with Gasteiger partial charge in [-0.1, -0.05) is 0 Å². The molecule has 0 N–H and O–H groups in total. The third-order valence-corrected chi connectivity index (χ3v) is 3.58. The zero-order valence-corrected chi connectivity index (χ0v) is 14.1. The second-order valence-corrected chi connectivity index (χ2v) is 5.31. The molecule has 0 amide bonds. The zero-order chi connectivity index (χ0) is 18.2. The normalized spacial score (nSPS) is 10.2. The molecule has 7 heteroatoms. The van der Waals surface area contributed by atoms with E-state index in [1.54, 1.807) is 32.4 Å². The summed E-state index contributed by atoms with van der Waals surface area (Å²) in [6.45, 7) is 0.0816. The van der Waals surface area contributed by atoms with Crippen molar-refractivity contribution in [2.75, 3.05) is 14.2 Å². The van der Waals surface area contributed by atoms with Gasteiger partial charge in [-0.2, -0.15) is 0 Å². The first-order chi connectivity index (χ1) is 12.0. The van der Waals surface area contributed by atoms with E-state index in [9.17, 15) is 14.9 Å². The first kappa shape index (κ1) is 18.3. The van der Waals surface area contributed by atoms with E-state index in [-0.39, 0.29) is 24.7 Å². The predicted octanol–water partition coefficient (Wildman–Crippen LogP) is 3.29. The van der Waals surface area contributed by atoms with E-state index < -0.39 is 4.92 Å². The van der Waals surface area contributed by atoms with Gasteiger partial charge >= 0.3 is 5.97 Å². The maximum atomic E-state index is 11.9. The van der Waals surface area contributed by atoms with Gasteiger partial charge in [0.05, 0.1) is 19.1 Å². The minimum atomic E-state index is -0.474. The van der Waals surface area contributed by atoms with Crippen LogP contribution in [0.4, 0.5) is 5.69 Å². The number of nitrogens with zero attached hydrogens (tertiary/aromatic N) is 1. The zero-order valence-electron chi connectivity index (χ0n) is 14.1. The molecule has 0 aliphatic carbocycles. The van der Waals surface area contributed by atoms with Gasteiger partial charge in [0.2, 0.25) is 0 Å². The molecule has 132 valence electrons. The number of carbonyl (C=O) groups is 1. The summed E-state index contributed by atoms with van der Waals surface area (Å²) in [5.74, 6) is 0.974. The Labute approximate surface area is 145 Å². The Morgan fingerprint density at radius 2 is 1.60 bits per heavy atom. The van der Waals surface area contributed by atoms with Crippen LogP contribution in [0.5, 0.6) is 11.5 Å². The Morgan fingerprint density at radius 1 is 1.00 bits per heavy atom. The summed E-state index contributed by atoms with van der Waals surface area (Å²) in [5.41, 5.74) is 1.60. The van der Waals surface area contributed by atoms with Crippen molar-refractivity contribution >= 4 is 11.7 Å². The average Bonchev–Trinajstić information content (AvgIpc) is 2.64. The molecule has 7 nitrogen and oxygen atoms in total. The fourth-order valence-corrected chi connectivity index (χ4v) is 2.21. The molecule has 0 aliphatic heterocycles. The van der Waals surface area contributed by atoms with Gasteiger partial charge in [0.25, 0.3) is 5.69 Å². The van der Waals surface area contributed by atoms with Crippen LogP contribution in [-0.4, -0.2) is 25.1 Å². The highest BCUT2D eigenvalue weighted by atomic mass is 16.6. The molecule has 0 atom stereocenters. The fraction of sp³-hybridized carbons (Fsp3) is 0.278. The Kier molecular flexibility index (Phi) is 6.33. The Morgan fingerprint density at radius 3 is 2.12 bits per heavy atom. The third kappa shape index (κ3) is 5.49. The van der Waals surface area contributed by atoms with Crippen molar-refractivity contribution < 1.29 is 23.9 Å². The number of ether oxygens (including phenoxy) is 3. The van der Waals surface area contributed by atoms with Crippen LogP contribution in [-0.2, 0) is 22.6 Å². The van der Waals surface area contributed by atoms with E-state index in [1.807, 2.05) is 12.1 Å². The van der Waals surface area contributed by atoms with E-state index in [1.165, 1.54) is 12.1 Å². The van der Waals surface area contributed by atoms with Crippen LogP contribution in [0.1, 0.15) is 17.5 Å². The van der Waals surface area contributed by atoms with Gasteiger partial charge in [-0.3, -0.25) is 14.9 Å². The van der Waals surface area contributed by atoms with Gasteiger partial charge in [-0.05, 0) is 41.8 Å². The summed E-state index contributed by atoms with van der Waals surface area (Å²) in [7, 11) is 3.13. The van der Waals surface area contributed by atoms with Gasteiger partial charge in [-0.25, -0.2) is 0 Å². The molecule has 0 fully saturated rings. The van der Waals surface area contributed by atoms with Gasteiger partial charge < -0.3 is 14.2 Å². The highest BCUT2D eigenvalue weighted by molar-refractivity contribution is 5.69. The lowest BCUT2D eigenvalue weighted by molar-refractivity contribution is -0.384. The summed E-state index contributed by atoms with van der Waals surface area (Å²) < 4.78 is 15.6. The van der Waals surface area contributed by atoms with E-state index in [4.69, 9.17) is 14.2 Å². The lowest BCUT2D eigenvalue weighted by Gasteiger charge is -2.09. The standard InChI is InChI=1S/C18H19NO6/c1-23-16-9-14(10-17(11-16)24-2)5-8-18(20)25-12-13-3-6-15(7-4-13)19(21)22/h3-4,6-7,9-11H,5,8,12H2,1-2H3. The van der Waals surface area contributed by atoms with Crippen LogP contribution >= 0.6 is 0 Å². The number of benzene rings is 2. The predicted molar refractivity (Wildman–Crippen MR) is 90.8 cm³/mol. The van der Waals surface area contributed by atoms with E-state index in [0.717, 1.165) is 5.56 Å². The number of carbonyl (C=O) groups excluding carboxylic acids is 1. The minimum Gasteiger partial charge on any atom is -0.497 e. The van der Waals surface area contributed by atoms with Crippen molar-refractivity contribution in [3.8, 4) is 11.5 Å². The molecule has 0 aromatic heterocycles. The quantitative estimate of drug-likeness (QED) is 0.414. The second-order valence-electron chi connectivity index (χ2n) is 5.31. The molecule has 25 heavy (non-hydrogen) atoms. The van der Waals surface area contributed by atoms with Gasteiger partial charge in [0, 0.05) is 24.6 Å². The molecule has 0 bridgehead atoms.